The maximum Gasteiger partial charge on any atom is 0.331 e. The van der Waals surface area contributed by atoms with E-state index in [-0.39, 0.29) is 36.0 Å². The van der Waals surface area contributed by atoms with Gasteiger partial charge in [0.05, 0.1) is 40.1 Å². The lowest BCUT2D eigenvalue weighted by Crippen LogP contribution is -2.66. The molecule has 3 aliphatic heterocycles. The second-order valence-electron chi connectivity index (χ2n) is 13.2. The summed E-state index contributed by atoms with van der Waals surface area (Å²) >= 11 is 0. The Balaban J connectivity index is 1.40. The molecule has 2 aromatic carbocycles. The summed E-state index contributed by atoms with van der Waals surface area (Å²) < 4.78 is 50.6. The van der Waals surface area contributed by atoms with E-state index in [1.807, 2.05) is 0 Å². The maximum absolute atomic E-state index is 13.2. The summed E-state index contributed by atoms with van der Waals surface area (Å²) in [6.45, 7) is 0.0972. The average molecular weight is 785 g/mol. The van der Waals surface area contributed by atoms with Gasteiger partial charge in [0.25, 0.3) is 0 Å². The zero-order valence-electron chi connectivity index (χ0n) is 30.1. The molecule has 306 valence electrons. The van der Waals surface area contributed by atoms with Crippen molar-refractivity contribution in [2.75, 3.05) is 34.0 Å². The van der Waals surface area contributed by atoms with Gasteiger partial charge in [-0.3, -0.25) is 0 Å². The average Bonchev–Trinajstić information content (AvgIpc) is 3.17. The Hall–Kier alpha value is -3.67. The predicted molar refractivity (Wildman–Crippen MR) is 183 cm³/mol. The summed E-state index contributed by atoms with van der Waals surface area (Å²) in [6, 6.07) is 9.03. The molecule has 5 rings (SSSR count). The minimum absolute atomic E-state index is 0.0830. The van der Waals surface area contributed by atoms with Gasteiger partial charge in [0.15, 0.2) is 48.0 Å². The van der Waals surface area contributed by atoms with E-state index in [1.54, 1.807) is 12.1 Å². The minimum atomic E-state index is -1.81. The summed E-state index contributed by atoms with van der Waals surface area (Å²) in [7, 11) is 2.76. The predicted octanol–water partition coefficient (Wildman–Crippen LogP) is -1.95. The van der Waals surface area contributed by atoms with Crippen molar-refractivity contribution in [2.24, 2.45) is 0 Å². The van der Waals surface area contributed by atoms with Gasteiger partial charge in [0.2, 0.25) is 0 Å². The van der Waals surface area contributed by atoms with E-state index in [0.29, 0.717) is 11.1 Å². The Morgan fingerprint density at radius 3 is 2.20 bits per heavy atom. The van der Waals surface area contributed by atoms with Crippen molar-refractivity contribution >= 4 is 12.0 Å². The highest BCUT2D eigenvalue weighted by atomic mass is 16.8. The quantitative estimate of drug-likeness (QED) is 0.0744. The van der Waals surface area contributed by atoms with Crippen LogP contribution in [-0.4, -0.2) is 172 Å². The Bertz CT molecular complexity index is 1590. The molecule has 2 aromatic rings. The van der Waals surface area contributed by atoms with Crippen LogP contribution in [0.15, 0.2) is 42.5 Å². The third kappa shape index (κ3) is 10.0. The zero-order valence-corrected chi connectivity index (χ0v) is 30.1. The topological polar surface area (TPSA) is 282 Å². The Labute approximate surface area is 315 Å². The Morgan fingerprint density at radius 2 is 1.51 bits per heavy atom. The van der Waals surface area contributed by atoms with Crippen molar-refractivity contribution < 1.29 is 93.4 Å². The number of aromatic hydroxyl groups is 2. The van der Waals surface area contributed by atoms with Crippen LogP contribution in [0.25, 0.3) is 6.08 Å². The lowest BCUT2D eigenvalue weighted by molar-refractivity contribution is -0.381. The van der Waals surface area contributed by atoms with E-state index in [4.69, 9.17) is 42.6 Å². The van der Waals surface area contributed by atoms with Gasteiger partial charge in [-0.1, -0.05) is 12.1 Å². The lowest BCUT2D eigenvalue weighted by atomic mass is 9.96. The molecule has 14 atom stereocenters. The lowest BCUT2D eigenvalue weighted by Gasteiger charge is -2.48. The van der Waals surface area contributed by atoms with Crippen molar-refractivity contribution in [3.05, 3.63) is 53.6 Å². The van der Waals surface area contributed by atoms with Gasteiger partial charge in [0.1, 0.15) is 54.9 Å². The molecule has 3 fully saturated rings. The first-order valence-electron chi connectivity index (χ1n) is 17.4. The third-order valence-electron chi connectivity index (χ3n) is 9.40. The molecule has 0 unspecified atom stereocenters. The van der Waals surface area contributed by atoms with Gasteiger partial charge in [-0.05, 0) is 54.8 Å². The van der Waals surface area contributed by atoms with Crippen LogP contribution in [0.2, 0.25) is 0 Å². The van der Waals surface area contributed by atoms with Gasteiger partial charge in [-0.15, -0.1) is 0 Å². The molecule has 3 saturated heterocycles. The molecule has 0 spiro atoms. The molecule has 0 radical (unpaired) electrons. The fourth-order valence-electron chi connectivity index (χ4n) is 6.26. The molecular formula is C36H48O19. The van der Waals surface area contributed by atoms with Crippen LogP contribution in [-0.2, 0) is 44.4 Å². The fraction of sp³-hybridized carbons (Fsp3) is 0.583. The number of carbonyl (C=O) groups excluding carboxylic acids is 1. The number of aliphatic hydroxyl groups is 7. The number of rotatable bonds is 14. The molecular weight excluding hydrogens is 736 g/mol. The SMILES string of the molecule is COc1ccc(CCO[C@@H]2O[C@H](CO)[C@@H](OC(=O)C=Cc3ccc(O)c(OC)c3)[C@@H](O[C@@H]3O[C@H](C)[C@H](O)[C@@H](O)[C@@H]3O[C@H]3OC[C@@H](O)[C@@H](O)[C@@H]3O)[C@H]2O)cc1O. The maximum atomic E-state index is 13.2. The van der Waals surface area contributed by atoms with E-state index >= 15 is 0 Å². The summed E-state index contributed by atoms with van der Waals surface area (Å²) in [5.41, 5.74) is 1.08. The molecule has 19 nitrogen and oxygen atoms in total. The van der Waals surface area contributed by atoms with Crippen LogP contribution in [0.3, 0.4) is 0 Å². The molecule has 0 amide bonds. The second-order valence-corrected chi connectivity index (χ2v) is 13.2. The molecule has 0 aliphatic carbocycles. The first-order chi connectivity index (χ1) is 26.3. The van der Waals surface area contributed by atoms with Crippen LogP contribution in [0.4, 0.5) is 0 Å². The molecule has 0 bridgehead atoms. The van der Waals surface area contributed by atoms with Crippen molar-refractivity contribution in [1.82, 2.24) is 0 Å². The van der Waals surface area contributed by atoms with Crippen LogP contribution in [0.5, 0.6) is 23.0 Å². The smallest absolute Gasteiger partial charge is 0.331 e. The van der Waals surface area contributed by atoms with Crippen molar-refractivity contribution in [3.63, 3.8) is 0 Å². The van der Waals surface area contributed by atoms with E-state index in [0.717, 1.165) is 6.08 Å². The Kier molecular flexibility index (Phi) is 14.7. The number of phenols is 2. The van der Waals surface area contributed by atoms with Gasteiger partial charge in [-0.2, -0.15) is 0 Å². The van der Waals surface area contributed by atoms with Crippen LogP contribution in [0.1, 0.15) is 18.1 Å². The molecule has 55 heavy (non-hydrogen) atoms. The first kappa shape index (κ1) is 42.5. The summed E-state index contributed by atoms with van der Waals surface area (Å²) in [5.74, 6) is -0.805. The molecule has 0 saturated carbocycles. The van der Waals surface area contributed by atoms with Crippen LogP contribution in [0, 0.1) is 0 Å². The van der Waals surface area contributed by atoms with Crippen LogP contribution < -0.4 is 9.47 Å². The first-order valence-corrected chi connectivity index (χ1v) is 17.4. The number of esters is 1. The monoisotopic (exact) mass is 784 g/mol. The van der Waals surface area contributed by atoms with Gasteiger partial charge < -0.3 is 88.6 Å². The fourth-order valence-corrected chi connectivity index (χ4v) is 6.26. The number of carbonyl (C=O) groups is 1. The van der Waals surface area contributed by atoms with Crippen molar-refractivity contribution in [2.45, 2.75) is 99.4 Å². The van der Waals surface area contributed by atoms with Crippen molar-refractivity contribution in [3.8, 4) is 23.0 Å². The highest BCUT2D eigenvalue weighted by Crippen LogP contribution is 2.34. The number of phenolic OH excluding ortho intramolecular Hbond substituents is 2. The zero-order chi connectivity index (χ0) is 40.0. The summed E-state index contributed by atoms with van der Waals surface area (Å²) in [6.07, 6.45) is -19.7. The number of aliphatic hydroxyl groups excluding tert-OH is 7. The summed E-state index contributed by atoms with van der Waals surface area (Å²) in [5, 5.41) is 94.5. The molecule has 9 N–H and O–H groups in total. The van der Waals surface area contributed by atoms with Gasteiger partial charge in [0, 0.05) is 6.08 Å². The Morgan fingerprint density at radius 1 is 0.782 bits per heavy atom. The van der Waals surface area contributed by atoms with E-state index < -0.39 is 105 Å². The highest BCUT2D eigenvalue weighted by molar-refractivity contribution is 5.87. The van der Waals surface area contributed by atoms with E-state index in [9.17, 15) is 50.8 Å². The minimum Gasteiger partial charge on any atom is -0.504 e. The second kappa shape index (κ2) is 19.0. The van der Waals surface area contributed by atoms with Crippen molar-refractivity contribution in [1.29, 1.82) is 0 Å². The summed E-state index contributed by atoms with van der Waals surface area (Å²) in [4.78, 5) is 13.2. The molecule has 0 aromatic heterocycles. The molecule has 3 aliphatic rings. The standard InChI is InChI=1S/C36H48O19/c1-16-26(42)28(44)33(55-34-29(45)27(43)21(40)15-50-34)36(51-16)54-32-30(46)35(49-11-10-18-5-8-22(47-2)20(39)12-18)52-24(14-37)31(32)53-25(41)9-6-17-4-7-19(38)23(13-17)48-3/h4-9,12-13,16,21,24,26-40,42-46H,10-11,14-15H2,1-3H3/t16-,21-,24-,26+,27-,28-,29+,30-,31-,32+,33+,34-,35-,36+/m1/s1. The molecule has 19 heteroatoms. The van der Waals surface area contributed by atoms with Crippen LogP contribution >= 0.6 is 0 Å². The highest BCUT2D eigenvalue weighted by Gasteiger charge is 2.54. The molecule has 3 heterocycles. The van der Waals surface area contributed by atoms with E-state index in [1.165, 1.54) is 51.5 Å². The number of hydrogen-bond acceptors (Lipinski definition) is 19. The third-order valence-corrected chi connectivity index (χ3v) is 9.40. The van der Waals surface area contributed by atoms with Gasteiger partial charge >= 0.3 is 5.97 Å². The number of methoxy groups -OCH3 is 2. The number of ether oxygens (including phenoxy) is 9. The largest absolute Gasteiger partial charge is 0.504 e. The number of hydrogen-bond donors (Lipinski definition) is 9. The normalized spacial score (nSPS) is 35.4. The van der Waals surface area contributed by atoms with E-state index in [2.05, 4.69) is 0 Å². The number of benzene rings is 2. The van der Waals surface area contributed by atoms with Gasteiger partial charge in [-0.25, -0.2) is 4.79 Å².